The van der Waals surface area contributed by atoms with Crippen LogP contribution in [0.5, 0.6) is 0 Å². The second-order valence-electron chi connectivity index (χ2n) is 4.73. The predicted octanol–water partition coefficient (Wildman–Crippen LogP) is 3.68. The summed E-state index contributed by atoms with van der Waals surface area (Å²) >= 11 is 0. The monoisotopic (exact) mass is 310 g/mol. The van der Waals surface area contributed by atoms with E-state index in [1.165, 1.54) is 30.5 Å². The van der Waals surface area contributed by atoms with Crippen LogP contribution in [0.3, 0.4) is 0 Å². The van der Waals surface area contributed by atoms with Crippen molar-refractivity contribution < 1.29 is 22.7 Å². The average Bonchev–Trinajstić information content (AvgIpc) is 2.88. The maximum absolute atomic E-state index is 13.6. The summed E-state index contributed by atoms with van der Waals surface area (Å²) in [5.41, 5.74) is -0.698. The molecule has 2 aromatic carbocycles. The van der Waals surface area contributed by atoms with E-state index in [4.69, 9.17) is 5.11 Å². The molecule has 0 fully saturated rings. The standard InChI is InChI=1S/C15H10F4N2O/c16-12-5-9-7-20-21(14(9)6-10(12)8-22)13-4-2-1-3-11(13)15(17,18)19/h1-7,22H,8H2. The molecule has 7 heteroatoms. The Morgan fingerprint density at radius 3 is 2.55 bits per heavy atom. The number of hydrogen-bond donors (Lipinski definition) is 1. The van der Waals surface area contributed by atoms with Crippen LogP contribution in [0, 0.1) is 5.82 Å². The number of rotatable bonds is 2. The molecule has 1 N–H and O–H groups in total. The van der Waals surface area contributed by atoms with E-state index in [0.29, 0.717) is 10.9 Å². The normalized spacial score (nSPS) is 12.0. The van der Waals surface area contributed by atoms with Gasteiger partial charge in [-0.15, -0.1) is 0 Å². The van der Waals surface area contributed by atoms with Crippen molar-refractivity contribution in [1.29, 1.82) is 0 Å². The van der Waals surface area contributed by atoms with Gasteiger partial charge in [0.2, 0.25) is 0 Å². The van der Waals surface area contributed by atoms with Gasteiger partial charge >= 0.3 is 6.18 Å². The maximum atomic E-state index is 13.6. The Morgan fingerprint density at radius 2 is 1.86 bits per heavy atom. The topological polar surface area (TPSA) is 38.1 Å². The fourth-order valence-electron chi connectivity index (χ4n) is 2.30. The van der Waals surface area contributed by atoms with Gasteiger partial charge < -0.3 is 5.11 Å². The van der Waals surface area contributed by atoms with Gasteiger partial charge in [-0.3, -0.25) is 0 Å². The molecule has 0 bridgehead atoms. The van der Waals surface area contributed by atoms with Crippen LogP contribution in [0.4, 0.5) is 17.6 Å². The molecule has 1 heterocycles. The molecule has 22 heavy (non-hydrogen) atoms. The van der Waals surface area contributed by atoms with E-state index in [0.717, 1.165) is 16.8 Å². The van der Waals surface area contributed by atoms with Crippen molar-refractivity contribution in [3.05, 3.63) is 59.5 Å². The number of alkyl halides is 3. The summed E-state index contributed by atoms with van der Waals surface area (Å²) in [6.45, 7) is -0.548. The number of aromatic nitrogens is 2. The molecule has 0 atom stereocenters. The van der Waals surface area contributed by atoms with Crippen molar-refractivity contribution in [2.45, 2.75) is 12.8 Å². The van der Waals surface area contributed by atoms with Crippen LogP contribution in [0.15, 0.2) is 42.6 Å². The largest absolute Gasteiger partial charge is 0.418 e. The molecule has 0 spiro atoms. The van der Waals surface area contributed by atoms with E-state index in [2.05, 4.69) is 5.10 Å². The highest BCUT2D eigenvalue weighted by atomic mass is 19.4. The van der Waals surface area contributed by atoms with Crippen LogP contribution in [0.25, 0.3) is 16.6 Å². The molecule has 3 nitrogen and oxygen atoms in total. The lowest BCUT2D eigenvalue weighted by Gasteiger charge is -2.13. The third kappa shape index (κ3) is 2.33. The summed E-state index contributed by atoms with van der Waals surface area (Å²) in [6, 6.07) is 7.44. The van der Waals surface area contributed by atoms with Gasteiger partial charge in [0.1, 0.15) is 5.82 Å². The Kier molecular flexibility index (Phi) is 3.37. The molecule has 0 aliphatic rings. The number of nitrogens with zero attached hydrogens (tertiary/aromatic N) is 2. The van der Waals surface area contributed by atoms with E-state index in [1.54, 1.807) is 0 Å². The highest BCUT2D eigenvalue weighted by Gasteiger charge is 2.34. The summed E-state index contributed by atoms with van der Waals surface area (Å²) in [7, 11) is 0. The SMILES string of the molecule is OCc1cc2c(cnn2-c2ccccc2C(F)(F)F)cc1F. The van der Waals surface area contributed by atoms with Crippen LogP contribution in [0.1, 0.15) is 11.1 Å². The molecule has 114 valence electrons. The minimum Gasteiger partial charge on any atom is -0.392 e. The molecule has 0 aliphatic heterocycles. The van der Waals surface area contributed by atoms with Gasteiger partial charge in [0.05, 0.1) is 29.6 Å². The number of hydrogen-bond acceptors (Lipinski definition) is 2. The van der Waals surface area contributed by atoms with Crippen molar-refractivity contribution in [1.82, 2.24) is 9.78 Å². The maximum Gasteiger partial charge on any atom is 0.418 e. The quantitative estimate of drug-likeness (QED) is 0.733. The van der Waals surface area contributed by atoms with E-state index >= 15 is 0 Å². The number of aliphatic hydroxyl groups is 1. The zero-order valence-electron chi connectivity index (χ0n) is 11.1. The molecule has 0 aliphatic carbocycles. The van der Waals surface area contributed by atoms with Gasteiger partial charge in [-0.05, 0) is 24.3 Å². The van der Waals surface area contributed by atoms with Crippen molar-refractivity contribution in [3.63, 3.8) is 0 Å². The Morgan fingerprint density at radius 1 is 1.14 bits per heavy atom. The van der Waals surface area contributed by atoms with Crippen LogP contribution in [-0.4, -0.2) is 14.9 Å². The summed E-state index contributed by atoms with van der Waals surface area (Å²) in [4.78, 5) is 0. The first-order valence-electron chi connectivity index (χ1n) is 6.35. The number of para-hydroxylation sites is 1. The molecule has 0 unspecified atom stereocenters. The Hall–Kier alpha value is -2.41. The number of halogens is 4. The van der Waals surface area contributed by atoms with Gasteiger partial charge in [0.15, 0.2) is 0 Å². The van der Waals surface area contributed by atoms with Gasteiger partial charge in [0, 0.05) is 10.9 Å². The van der Waals surface area contributed by atoms with Crippen molar-refractivity contribution >= 4 is 10.9 Å². The van der Waals surface area contributed by atoms with Crippen LogP contribution >= 0.6 is 0 Å². The van der Waals surface area contributed by atoms with Crippen LogP contribution in [-0.2, 0) is 12.8 Å². The van der Waals surface area contributed by atoms with E-state index in [-0.39, 0.29) is 11.3 Å². The fraction of sp³-hybridized carbons (Fsp3) is 0.133. The van der Waals surface area contributed by atoms with E-state index < -0.39 is 24.2 Å². The Bertz CT molecular complexity index is 839. The summed E-state index contributed by atoms with van der Waals surface area (Å²) in [6.07, 6.45) is -3.25. The zero-order chi connectivity index (χ0) is 15.9. The number of fused-ring (bicyclic) bond motifs is 1. The highest BCUT2D eigenvalue weighted by molar-refractivity contribution is 5.81. The third-order valence-corrected chi connectivity index (χ3v) is 3.34. The van der Waals surface area contributed by atoms with Gasteiger partial charge in [0.25, 0.3) is 0 Å². The average molecular weight is 310 g/mol. The smallest absolute Gasteiger partial charge is 0.392 e. The Balaban J connectivity index is 2.28. The summed E-state index contributed by atoms with van der Waals surface area (Å²) < 4.78 is 54.0. The second kappa shape index (κ2) is 5.10. The van der Waals surface area contributed by atoms with Crippen LogP contribution < -0.4 is 0 Å². The van der Waals surface area contributed by atoms with Crippen molar-refractivity contribution in [2.75, 3.05) is 0 Å². The molecule has 0 radical (unpaired) electrons. The molecule has 3 aromatic rings. The lowest BCUT2D eigenvalue weighted by Crippen LogP contribution is -2.11. The first-order valence-corrected chi connectivity index (χ1v) is 6.35. The van der Waals surface area contributed by atoms with Crippen molar-refractivity contribution in [3.8, 4) is 5.69 Å². The minimum absolute atomic E-state index is 0.00117. The molecule has 1 aromatic heterocycles. The van der Waals surface area contributed by atoms with E-state index in [1.807, 2.05) is 0 Å². The fourth-order valence-corrected chi connectivity index (χ4v) is 2.30. The highest BCUT2D eigenvalue weighted by Crippen LogP contribution is 2.34. The van der Waals surface area contributed by atoms with Gasteiger partial charge in [-0.1, -0.05) is 12.1 Å². The first-order chi connectivity index (χ1) is 10.4. The molecule has 0 saturated heterocycles. The Labute approximate surface area is 122 Å². The third-order valence-electron chi connectivity index (χ3n) is 3.34. The lowest BCUT2D eigenvalue weighted by atomic mass is 10.1. The van der Waals surface area contributed by atoms with Crippen molar-refractivity contribution in [2.24, 2.45) is 0 Å². The summed E-state index contributed by atoms with van der Waals surface area (Å²) in [5.74, 6) is -0.626. The van der Waals surface area contributed by atoms with Crippen LogP contribution in [0.2, 0.25) is 0 Å². The molecular formula is C15H10F4N2O. The zero-order valence-corrected chi connectivity index (χ0v) is 11.1. The first kappa shape index (κ1) is 14.5. The van der Waals surface area contributed by atoms with Gasteiger partial charge in [-0.2, -0.15) is 18.3 Å². The minimum atomic E-state index is -4.53. The number of aliphatic hydroxyl groups excluding tert-OH is 1. The molecular weight excluding hydrogens is 300 g/mol. The number of benzene rings is 2. The summed E-state index contributed by atoms with van der Waals surface area (Å²) in [5, 5.41) is 13.4. The molecule has 0 amide bonds. The molecule has 0 saturated carbocycles. The lowest BCUT2D eigenvalue weighted by molar-refractivity contribution is -0.137. The predicted molar refractivity (Wildman–Crippen MR) is 72.0 cm³/mol. The second-order valence-corrected chi connectivity index (χ2v) is 4.73. The molecule has 3 rings (SSSR count). The van der Waals surface area contributed by atoms with E-state index in [9.17, 15) is 17.6 Å². The van der Waals surface area contributed by atoms with Gasteiger partial charge in [-0.25, -0.2) is 9.07 Å².